The van der Waals surface area contributed by atoms with Gasteiger partial charge in [-0.1, -0.05) is 51.7 Å². The van der Waals surface area contributed by atoms with E-state index in [0.29, 0.717) is 38.4 Å². The van der Waals surface area contributed by atoms with Crippen LogP contribution in [0.5, 0.6) is 23.1 Å². The molecule has 41 heavy (non-hydrogen) atoms. The molecular formula is C32H18N4O4S+2. The molecular weight excluding hydrogens is 536 g/mol. The van der Waals surface area contributed by atoms with Crippen molar-refractivity contribution in [3.05, 3.63) is 121 Å². The average Bonchev–Trinajstić information content (AvgIpc) is 3.62. The molecule has 2 aromatic heterocycles. The minimum Gasteiger partial charge on any atom is -0.455 e. The van der Waals surface area contributed by atoms with E-state index in [2.05, 4.69) is 10.6 Å². The summed E-state index contributed by atoms with van der Waals surface area (Å²) < 4.78 is 43.8. The Balaban J connectivity index is 1.27. The van der Waals surface area contributed by atoms with Gasteiger partial charge in [0.15, 0.2) is 28.8 Å². The summed E-state index contributed by atoms with van der Waals surface area (Å²) in [7, 11) is -3.62. The van der Waals surface area contributed by atoms with Crippen LogP contribution in [0.4, 0.5) is 0 Å². The average molecular weight is 555 g/mol. The summed E-state index contributed by atoms with van der Waals surface area (Å²) in [6, 6.07) is 30.4. The number of hydrogen-bond acceptors (Lipinski definition) is 5. The molecule has 0 amide bonds. The van der Waals surface area contributed by atoms with E-state index in [1.54, 1.807) is 18.2 Å². The van der Waals surface area contributed by atoms with Crippen molar-refractivity contribution in [3.8, 4) is 51.2 Å². The first-order valence-electron chi connectivity index (χ1n) is 13.2. The quantitative estimate of drug-likeness (QED) is 0.274. The molecule has 0 radical (unpaired) electrons. The van der Waals surface area contributed by atoms with Gasteiger partial charge in [-0.05, 0) is 42.5 Å². The number of nitrogens with zero attached hydrogens (tertiary/aromatic N) is 4. The Labute approximate surface area is 233 Å². The van der Waals surface area contributed by atoms with E-state index in [4.69, 9.17) is 14.6 Å². The van der Waals surface area contributed by atoms with E-state index in [1.165, 1.54) is 0 Å². The summed E-state index contributed by atoms with van der Waals surface area (Å²) in [6.07, 6.45) is 3.96. The van der Waals surface area contributed by atoms with Gasteiger partial charge in [0, 0.05) is 27.9 Å². The second-order valence-electron chi connectivity index (χ2n) is 10.5. The summed E-state index contributed by atoms with van der Waals surface area (Å²) in [6.45, 7) is 0. The largest absolute Gasteiger partial charge is 0.477 e. The summed E-state index contributed by atoms with van der Waals surface area (Å²) in [5.41, 5.74) is 4.65. The maximum atomic E-state index is 13.5. The van der Waals surface area contributed by atoms with Crippen LogP contribution in [0.1, 0.15) is 11.1 Å². The Bertz CT molecular complexity index is 2300. The van der Waals surface area contributed by atoms with Crippen LogP contribution in [0, 0.1) is 0 Å². The minimum atomic E-state index is -3.62. The van der Waals surface area contributed by atoms with E-state index in [9.17, 15) is 8.42 Å². The van der Waals surface area contributed by atoms with Crippen molar-refractivity contribution in [1.29, 1.82) is 0 Å². The lowest BCUT2D eigenvalue weighted by Crippen LogP contribution is -2.77. The lowest BCUT2D eigenvalue weighted by Gasteiger charge is -2.30. The summed E-state index contributed by atoms with van der Waals surface area (Å²) in [5.74, 6) is 2.81. The van der Waals surface area contributed by atoms with Crippen molar-refractivity contribution in [2.24, 2.45) is 0 Å². The number of aromatic nitrogens is 4. The van der Waals surface area contributed by atoms with Crippen molar-refractivity contribution in [2.45, 2.75) is 15.5 Å². The zero-order chi connectivity index (χ0) is 27.1. The van der Waals surface area contributed by atoms with Gasteiger partial charge in [-0.25, -0.2) is 8.42 Å². The molecule has 0 N–H and O–H groups in total. The van der Waals surface area contributed by atoms with Crippen LogP contribution in [0.15, 0.2) is 119 Å². The van der Waals surface area contributed by atoms with Gasteiger partial charge in [-0.3, -0.25) is 0 Å². The van der Waals surface area contributed by atoms with Crippen LogP contribution in [0.3, 0.4) is 0 Å². The van der Waals surface area contributed by atoms with E-state index < -0.39 is 15.5 Å². The lowest BCUT2D eigenvalue weighted by molar-refractivity contribution is -1.02. The number of ether oxygens (including phenoxy) is 2. The van der Waals surface area contributed by atoms with Gasteiger partial charge in [-0.2, -0.15) is 0 Å². The number of benzene rings is 4. The lowest BCUT2D eigenvalue weighted by atomic mass is 9.86. The molecule has 0 saturated heterocycles. The molecule has 0 bridgehead atoms. The maximum Gasteiger partial charge on any atom is 0.477 e. The number of sulfone groups is 1. The molecule has 6 aromatic rings. The fraction of sp³-hybridized carbons (Fsp3) is 0.0312. The third-order valence-corrected chi connectivity index (χ3v) is 10.4. The Morgan fingerprint density at radius 3 is 2.39 bits per heavy atom. The third-order valence-electron chi connectivity index (χ3n) is 8.52. The predicted octanol–water partition coefficient (Wildman–Crippen LogP) is 4.75. The van der Waals surface area contributed by atoms with Crippen molar-refractivity contribution in [3.63, 3.8) is 0 Å². The number of rotatable bonds is 1. The maximum absolute atomic E-state index is 13.5. The second-order valence-corrected chi connectivity index (χ2v) is 12.4. The van der Waals surface area contributed by atoms with Crippen LogP contribution >= 0.6 is 0 Å². The Hall–Kier alpha value is -5.28. The first-order valence-corrected chi connectivity index (χ1v) is 14.7. The highest BCUT2D eigenvalue weighted by molar-refractivity contribution is 7.92. The predicted molar refractivity (Wildman–Crippen MR) is 145 cm³/mol. The van der Waals surface area contributed by atoms with Crippen molar-refractivity contribution < 1.29 is 27.3 Å². The molecule has 4 aliphatic rings. The summed E-state index contributed by atoms with van der Waals surface area (Å²) in [4.78, 5) is 2.61. The molecule has 0 aliphatic carbocycles. The Morgan fingerprint density at radius 1 is 0.732 bits per heavy atom. The van der Waals surface area contributed by atoms with Gasteiger partial charge in [0.25, 0.3) is 0 Å². The minimum absolute atomic E-state index is 0.305. The summed E-state index contributed by atoms with van der Waals surface area (Å²) in [5, 5.41) is 5.19. The first kappa shape index (κ1) is 21.5. The van der Waals surface area contributed by atoms with Crippen molar-refractivity contribution in [1.82, 2.24) is 9.78 Å². The number of fused-ring (bicyclic) bond motifs is 6. The molecule has 6 heterocycles. The molecule has 1 atom stereocenters. The molecule has 8 nitrogen and oxygen atoms in total. The third kappa shape index (κ3) is 2.35. The molecule has 1 spiro atoms. The van der Waals surface area contributed by atoms with Crippen LogP contribution in [-0.4, -0.2) is 18.2 Å². The topological polar surface area (TPSA) is 78.2 Å². The highest BCUT2D eigenvalue weighted by Gasteiger charge is 2.73. The van der Waals surface area contributed by atoms with Crippen LogP contribution in [0.25, 0.3) is 28.1 Å². The smallest absolute Gasteiger partial charge is 0.455 e. The SMILES string of the molecule is O=S1(=O)c2ccccc2-c2ccc(-c3cn4[n+](n3)C35c6c(cccc6Oc6cccc[n+]63)Oc3cccc-4c35)cc21. The normalized spacial score (nSPS) is 18.6. The Morgan fingerprint density at radius 2 is 1.49 bits per heavy atom. The fourth-order valence-corrected chi connectivity index (χ4v) is 8.60. The number of pyridine rings is 1. The highest BCUT2D eigenvalue weighted by Crippen LogP contribution is 2.55. The zero-order valence-electron chi connectivity index (χ0n) is 21.2. The van der Waals surface area contributed by atoms with Gasteiger partial charge in [-0.15, -0.1) is 0 Å². The molecule has 194 valence electrons. The van der Waals surface area contributed by atoms with Gasteiger partial charge in [0.05, 0.1) is 20.7 Å². The molecule has 4 aliphatic heterocycles. The van der Waals surface area contributed by atoms with Gasteiger partial charge in [0.2, 0.25) is 9.84 Å². The Kier molecular flexibility index (Phi) is 3.62. The van der Waals surface area contributed by atoms with Crippen LogP contribution in [0.2, 0.25) is 0 Å². The molecule has 4 aromatic carbocycles. The second kappa shape index (κ2) is 6.89. The van der Waals surface area contributed by atoms with Crippen LogP contribution in [-0.2, 0) is 15.5 Å². The summed E-state index contributed by atoms with van der Waals surface area (Å²) >= 11 is 0. The molecule has 0 fully saturated rings. The molecule has 1 unspecified atom stereocenters. The van der Waals surface area contributed by atoms with Crippen LogP contribution < -0.4 is 18.8 Å². The van der Waals surface area contributed by atoms with E-state index in [0.717, 1.165) is 33.7 Å². The zero-order valence-corrected chi connectivity index (χ0v) is 22.0. The van der Waals surface area contributed by atoms with Gasteiger partial charge >= 0.3 is 11.5 Å². The number of hydrogen-bond donors (Lipinski definition) is 0. The van der Waals surface area contributed by atoms with Gasteiger partial charge < -0.3 is 9.47 Å². The molecule has 9 heteroatoms. The monoisotopic (exact) mass is 554 g/mol. The standard InChI is InChI=1S/C32H18N4O4S/c37-41(38)27-12-2-1-7-20(27)21-15-14-19(17-28(21)41)22-18-35-23-8-5-9-24-30(23)32(36(35)33-22)31-25(39-24)10-6-11-26(31)40-29-13-3-4-16-34(29)32/h1-18H/q+2. The van der Waals surface area contributed by atoms with Crippen molar-refractivity contribution >= 4 is 9.84 Å². The van der Waals surface area contributed by atoms with E-state index in [-0.39, 0.29) is 0 Å². The van der Waals surface area contributed by atoms with E-state index in [1.807, 2.05) is 94.7 Å². The highest BCUT2D eigenvalue weighted by atomic mass is 32.2. The van der Waals surface area contributed by atoms with Crippen molar-refractivity contribution in [2.75, 3.05) is 0 Å². The first-order chi connectivity index (χ1) is 20.1. The fourth-order valence-electron chi connectivity index (χ4n) is 6.89. The molecule has 10 rings (SSSR count). The van der Waals surface area contributed by atoms with E-state index >= 15 is 0 Å². The van der Waals surface area contributed by atoms with Gasteiger partial charge in [0.1, 0.15) is 23.4 Å². The molecule has 0 saturated carbocycles.